The first kappa shape index (κ1) is 31.4. The van der Waals surface area contributed by atoms with Crippen molar-refractivity contribution in [3.8, 4) is 0 Å². The molecule has 2 saturated heterocycles. The number of amides is 2. The minimum absolute atomic E-state index is 0.0363. The molecule has 0 aromatic carbocycles. The smallest absolute Gasteiger partial charge is 0.348 e. The van der Waals surface area contributed by atoms with Crippen molar-refractivity contribution in [2.75, 3.05) is 30.3 Å². The molecule has 3 unspecified atom stereocenters. The number of carbonyl (C=O) groups is 4. The van der Waals surface area contributed by atoms with Gasteiger partial charge in [-0.05, 0) is 23.4 Å². The van der Waals surface area contributed by atoms with Crippen LogP contribution in [0.25, 0.3) is 0 Å². The van der Waals surface area contributed by atoms with Crippen molar-refractivity contribution in [1.29, 1.82) is 0 Å². The van der Waals surface area contributed by atoms with E-state index in [1.807, 2.05) is 0 Å². The summed E-state index contributed by atoms with van der Waals surface area (Å²) in [5.74, 6) is -4.13. The van der Waals surface area contributed by atoms with Crippen molar-refractivity contribution in [3.63, 3.8) is 0 Å². The highest BCUT2D eigenvalue weighted by molar-refractivity contribution is 8.00. The van der Waals surface area contributed by atoms with Crippen LogP contribution >= 0.6 is 35.1 Å². The number of oxime groups is 1. The Morgan fingerprint density at radius 2 is 2.10 bits per heavy atom. The van der Waals surface area contributed by atoms with Crippen LogP contribution < -0.4 is 16.8 Å². The standard InChI is InChI=1S/C21H29N11O7S3/c1-9(2)12(17(35)36)39-27-10(13-25-19(23)42-28-13)14(33)24-11-15(34)31-6-21(18(37)38,7-40-16(11)31)8-41-20-26-29-30-32(20)5-3-4-22/h9,11-12,16H,3-8,22H2,1-2H3,(H,24,33)(H,35,36)(H,37,38)(H2,23,25,28)/t11?,12?,16-,21?/m1/s1. The van der Waals surface area contributed by atoms with E-state index in [2.05, 4.69) is 35.4 Å². The number of aromatic nitrogens is 6. The van der Waals surface area contributed by atoms with Crippen molar-refractivity contribution in [1.82, 2.24) is 39.8 Å². The number of nitrogens with one attached hydrogen (secondary N) is 1. The summed E-state index contributed by atoms with van der Waals surface area (Å²) in [5.41, 5.74) is 9.46. The van der Waals surface area contributed by atoms with Gasteiger partial charge in [0.05, 0.1) is 0 Å². The van der Waals surface area contributed by atoms with Gasteiger partial charge in [-0.25, -0.2) is 9.48 Å². The third-order valence-corrected chi connectivity index (χ3v) is 9.79. The number of aryl methyl sites for hydroxylation is 1. The number of carbonyl (C=O) groups excluding carboxylic acids is 2. The van der Waals surface area contributed by atoms with Gasteiger partial charge in [-0.1, -0.05) is 30.8 Å². The number of hydrogen-bond donors (Lipinski definition) is 5. The van der Waals surface area contributed by atoms with E-state index in [1.54, 1.807) is 18.5 Å². The van der Waals surface area contributed by atoms with E-state index in [1.165, 1.54) is 28.4 Å². The Labute approximate surface area is 251 Å². The number of nitrogens with zero attached hydrogens (tertiary/aromatic N) is 8. The van der Waals surface area contributed by atoms with Crippen LogP contribution in [0.3, 0.4) is 0 Å². The number of carboxylic acid groups (broad SMARTS) is 2. The molecular weight excluding hydrogens is 615 g/mol. The zero-order valence-corrected chi connectivity index (χ0v) is 24.9. The Morgan fingerprint density at radius 3 is 2.71 bits per heavy atom. The number of carboxylic acids is 2. The summed E-state index contributed by atoms with van der Waals surface area (Å²) in [5, 5.41) is 37.3. The van der Waals surface area contributed by atoms with Crippen LogP contribution in [-0.2, 0) is 30.6 Å². The van der Waals surface area contributed by atoms with Crippen LogP contribution in [0.5, 0.6) is 0 Å². The largest absolute Gasteiger partial charge is 0.481 e. The fraction of sp³-hybridized carbons (Fsp3) is 0.619. The van der Waals surface area contributed by atoms with Crippen LogP contribution in [0, 0.1) is 11.3 Å². The highest BCUT2D eigenvalue weighted by Gasteiger charge is 2.57. The molecule has 2 aromatic heterocycles. The van der Waals surface area contributed by atoms with Crippen LogP contribution in [-0.4, -0.2) is 116 Å². The van der Waals surface area contributed by atoms with Crippen molar-refractivity contribution < 1.29 is 34.2 Å². The molecule has 18 nitrogen and oxygen atoms in total. The average molecular weight is 644 g/mol. The minimum Gasteiger partial charge on any atom is -0.481 e. The predicted octanol–water partition coefficient (Wildman–Crippen LogP) is -1.45. The number of thioether (sulfide) groups is 2. The Bertz CT molecular complexity index is 1370. The third kappa shape index (κ3) is 6.57. The van der Waals surface area contributed by atoms with E-state index in [0.29, 0.717) is 24.7 Å². The summed E-state index contributed by atoms with van der Waals surface area (Å²) >= 11 is 3.19. The molecule has 4 heterocycles. The van der Waals surface area contributed by atoms with Gasteiger partial charge in [-0.3, -0.25) is 14.4 Å². The normalized spacial score (nSPS) is 22.8. The van der Waals surface area contributed by atoms with Gasteiger partial charge in [0.15, 0.2) is 5.13 Å². The fourth-order valence-electron chi connectivity index (χ4n) is 4.08. The van der Waals surface area contributed by atoms with Gasteiger partial charge >= 0.3 is 11.9 Å². The molecule has 2 fully saturated rings. The van der Waals surface area contributed by atoms with Gasteiger partial charge in [0.25, 0.3) is 5.91 Å². The summed E-state index contributed by atoms with van der Waals surface area (Å²) < 4.78 is 5.51. The second-order valence-corrected chi connectivity index (χ2v) is 12.7. The molecule has 2 amide bonds. The van der Waals surface area contributed by atoms with Gasteiger partial charge in [0.2, 0.25) is 28.7 Å². The molecule has 0 saturated carbocycles. The first-order chi connectivity index (χ1) is 20.0. The Kier molecular flexibility index (Phi) is 9.84. The number of nitrogens with two attached hydrogens (primary N) is 2. The molecule has 2 aliphatic heterocycles. The number of anilines is 1. The summed E-state index contributed by atoms with van der Waals surface area (Å²) in [6.45, 7) is 4.07. The van der Waals surface area contributed by atoms with Crippen molar-refractivity contribution >= 4 is 69.7 Å². The summed E-state index contributed by atoms with van der Waals surface area (Å²) in [6.07, 6.45) is -0.705. The van der Waals surface area contributed by atoms with E-state index >= 15 is 0 Å². The number of aliphatic carboxylic acids is 2. The third-order valence-electron chi connectivity index (χ3n) is 6.41. The van der Waals surface area contributed by atoms with E-state index < -0.39 is 58.3 Å². The summed E-state index contributed by atoms with van der Waals surface area (Å²) in [6, 6.07) is -0.993. The molecule has 2 aromatic rings. The Balaban J connectivity index is 1.44. The highest BCUT2D eigenvalue weighted by Crippen LogP contribution is 2.44. The number of rotatable bonds is 14. The topological polar surface area (TPSA) is 267 Å². The van der Waals surface area contributed by atoms with Crippen LogP contribution in [0.1, 0.15) is 26.1 Å². The van der Waals surface area contributed by atoms with Crippen molar-refractivity contribution in [3.05, 3.63) is 5.82 Å². The second kappa shape index (κ2) is 13.2. The lowest BCUT2D eigenvalue weighted by molar-refractivity contribution is -0.157. The highest BCUT2D eigenvalue weighted by atomic mass is 32.2. The molecule has 21 heteroatoms. The monoisotopic (exact) mass is 643 g/mol. The maximum absolute atomic E-state index is 13.2. The number of hydrogen-bond acceptors (Lipinski definition) is 16. The molecule has 4 rings (SSSR count). The van der Waals surface area contributed by atoms with E-state index in [4.69, 9.17) is 16.3 Å². The van der Waals surface area contributed by atoms with Crippen molar-refractivity contribution in [2.45, 2.75) is 49.5 Å². The van der Waals surface area contributed by atoms with Gasteiger partial charge in [0, 0.05) is 42.0 Å². The molecule has 0 radical (unpaired) electrons. The quantitative estimate of drug-likeness (QED) is 0.0682. The summed E-state index contributed by atoms with van der Waals surface area (Å²) in [4.78, 5) is 60.7. The van der Waals surface area contributed by atoms with E-state index in [-0.39, 0.29) is 29.0 Å². The molecule has 4 atom stereocenters. The van der Waals surface area contributed by atoms with E-state index in [9.17, 15) is 29.4 Å². The van der Waals surface area contributed by atoms with Gasteiger partial charge in [-0.2, -0.15) is 9.36 Å². The van der Waals surface area contributed by atoms with Crippen LogP contribution in [0.15, 0.2) is 10.3 Å². The molecular formula is C21H29N11O7S3. The lowest BCUT2D eigenvalue weighted by Gasteiger charge is -2.53. The molecule has 228 valence electrons. The minimum atomic E-state index is -1.36. The SMILES string of the molecule is CC(C)C(ON=C(C(=O)NC1C(=O)N2CC(CSc3nnnn3CCCN)(C(=O)O)CS[C@H]12)c1nsc(N)n1)C(=O)O. The zero-order valence-electron chi connectivity index (χ0n) is 22.4. The zero-order chi connectivity index (χ0) is 30.6. The van der Waals surface area contributed by atoms with Gasteiger partial charge < -0.3 is 36.7 Å². The Morgan fingerprint density at radius 1 is 1.33 bits per heavy atom. The summed E-state index contributed by atoms with van der Waals surface area (Å²) in [7, 11) is 0. The van der Waals surface area contributed by atoms with E-state index in [0.717, 1.165) is 11.5 Å². The van der Waals surface area contributed by atoms with Crippen molar-refractivity contribution in [2.24, 2.45) is 22.2 Å². The molecule has 42 heavy (non-hydrogen) atoms. The molecule has 0 bridgehead atoms. The van der Waals surface area contributed by atoms with Gasteiger partial charge in [0.1, 0.15) is 16.8 Å². The maximum Gasteiger partial charge on any atom is 0.348 e. The van der Waals surface area contributed by atoms with Crippen LogP contribution in [0.4, 0.5) is 5.13 Å². The first-order valence-electron chi connectivity index (χ1n) is 12.6. The fourth-order valence-corrected chi connectivity index (χ4v) is 7.28. The van der Waals surface area contributed by atoms with Crippen LogP contribution in [0.2, 0.25) is 0 Å². The Hall–Kier alpha value is -3.56. The molecule has 2 aliphatic rings. The molecule has 7 N–H and O–H groups in total. The molecule has 0 spiro atoms. The number of fused-ring (bicyclic) bond motifs is 1. The lowest BCUT2D eigenvalue weighted by atomic mass is 9.89. The number of β-lactam (4-membered cyclic amide) rings is 1. The average Bonchev–Trinajstić information content (AvgIpc) is 3.59. The number of tetrazole rings is 1. The number of nitrogen functional groups attached to an aromatic ring is 1. The first-order valence-corrected chi connectivity index (χ1v) is 15.4. The predicted molar refractivity (Wildman–Crippen MR) is 150 cm³/mol. The second-order valence-electron chi connectivity index (χ2n) is 9.82. The lowest BCUT2D eigenvalue weighted by Crippen LogP contribution is -2.74. The molecule has 0 aliphatic carbocycles. The maximum atomic E-state index is 13.2. The van der Waals surface area contributed by atoms with Gasteiger partial charge in [-0.15, -0.1) is 16.9 Å².